The Morgan fingerprint density at radius 2 is 2.20 bits per heavy atom. The number of nitrogens with zero attached hydrogens (tertiary/aromatic N) is 1. The predicted molar refractivity (Wildman–Crippen MR) is 90.6 cm³/mol. The Morgan fingerprint density at radius 3 is 2.88 bits per heavy atom. The number of anilines is 1. The first-order valence-corrected chi connectivity index (χ1v) is 8.60. The molecule has 0 unspecified atom stereocenters. The Morgan fingerprint density at radius 1 is 1.44 bits per heavy atom. The van der Waals surface area contributed by atoms with E-state index in [4.69, 9.17) is 11.6 Å². The van der Waals surface area contributed by atoms with Crippen LogP contribution in [0, 0.1) is 11.7 Å². The van der Waals surface area contributed by atoms with Crippen LogP contribution in [-0.2, 0) is 9.59 Å². The van der Waals surface area contributed by atoms with Crippen LogP contribution in [0.15, 0.2) is 18.2 Å². The highest BCUT2D eigenvalue weighted by Crippen LogP contribution is 2.38. The van der Waals surface area contributed by atoms with Gasteiger partial charge in [-0.25, -0.2) is 9.18 Å². The molecule has 1 spiro atoms. The Balaban J connectivity index is 1.71. The van der Waals surface area contributed by atoms with E-state index in [1.54, 1.807) is 0 Å². The van der Waals surface area contributed by atoms with Gasteiger partial charge in [0, 0.05) is 0 Å². The fraction of sp³-hybridized carbons (Fsp3) is 0.471. The summed E-state index contributed by atoms with van der Waals surface area (Å²) in [7, 11) is 0. The second kappa shape index (κ2) is 6.63. The first kappa shape index (κ1) is 17.7. The number of imide groups is 1. The van der Waals surface area contributed by atoms with Crippen LogP contribution in [-0.4, -0.2) is 34.8 Å². The summed E-state index contributed by atoms with van der Waals surface area (Å²) in [5.74, 6) is -1.43. The zero-order valence-corrected chi connectivity index (χ0v) is 14.5. The normalized spacial score (nSPS) is 26.0. The van der Waals surface area contributed by atoms with Crippen LogP contribution >= 0.6 is 11.6 Å². The van der Waals surface area contributed by atoms with Crippen molar-refractivity contribution >= 4 is 35.1 Å². The molecule has 2 atom stereocenters. The zero-order valence-electron chi connectivity index (χ0n) is 13.8. The van der Waals surface area contributed by atoms with E-state index >= 15 is 0 Å². The molecule has 1 aliphatic carbocycles. The molecular weight excluding hydrogens is 349 g/mol. The van der Waals surface area contributed by atoms with E-state index in [9.17, 15) is 18.8 Å². The van der Waals surface area contributed by atoms with Gasteiger partial charge in [-0.05, 0) is 37.0 Å². The van der Waals surface area contributed by atoms with E-state index in [0.29, 0.717) is 6.42 Å². The fourth-order valence-corrected chi connectivity index (χ4v) is 3.78. The minimum atomic E-state index is -0.900. The first-order valence-electron chi connectivity index (χ1n) is 8.22. The molecule has 1 aliphatic heterocycles. The summed E-state index contributed by atoms with van der Waals surface area (Å²) in [5, 5.41) is 5.33. The summed E-state index contributed by atoms with van der Waals surface area (Å²) in [4.78, 5) is 38.2. The number of hydrogen-bond acceptors (Lipinski definition) is 3. The van der Waals surface area contributed by atoms with E-state index in [1.165, 1.54) is 6.07 Å². The van der Waals surface area contributed by atoms with E-state index < -0.39 is 29.8 Å². The average molecular weight is 368 g/mol. The number of rotatable bonds is 3. The topological polar surface area (TPSA) is 78.5 Å². The summed E-state index contributed by atoms with van der Waals surface area (Å²) < 4.78 is 13.1. The second-order valence-electron chi connectivity index (χ2n) is 6.61. The lowest BCUT2D eigenvalue weighted by Gasteiger charge is -2.36. The number of carbonyl (C=O) groups excluding carboxylic acids is 3. The lowest BCUT2D eigenvalue weighted by atomic mass is 9.73. The lowest BCUT2D eigenvalue weighted by Crippen LogP contribution is -2.54. The van der Waals surface area contributed by atoms with Gasteiger partial charge in [-0.2, -0.15) is 0 Å². The Labute approximate surface area is 149 Å². The average Bonchev–Trinajstić information content (AvgIpc) is 2.78. The van der Waals surface area contributed by atoms with Gasteiger partial charge in [-0.1, -0.05) is 31.4 Å². The molecule has 2 aliphatic rings. The molecule has 1 saturated heterocycles. The number of hydrogen-bond donors (Lipinski definition) is 2. The van der Waals surface area contributed by atoms with Crippen molar-refractivity contribution in [2.75, 3.05) is 11.9 Å². The Kier molecular flexibility index (Phi) is 4.69. The third-order valence-corrected chi connectivity index (χ3v) is 5.32. The predicted octanol–water partition coefficient (Wildman–Crippen LogP) is 2.92. The molecule has 0 aromatic heterocycles. The quantitative estimate of drug-likeness (QED) is 0.806. The van der Waals surface area contributed by atoms with Gasteiger partial charge in [0.05, 0.1) is 10.7 Å². The highest BCUT2D eigenvalue weighted by Gasteiger charge is 2.55. The second-order valence-corrected chi connectivity index (χ2v) is 7.02. The van der Waals surface area contributed by atoms with Gasteiger partial charge in [-0.15, -0.1) is 0 Å². The summed E-state index contributed by atoms with van der Waals surface area (Å²) >= 11 is 5.87. The van der Waals surface area contributed by atoms with E-state index in [2.05, 4.69) is 10.6 Å². The zero-order chi connectivity index (χ0) is 18.2. The summed E-state index contributed by atoms with van der Waals surface area (Å²) in [5.41, 5.74) is -0.677. The van der Waals surface area contributed by atoms with Gasteiger partial charge in [0.15, 0.2) is 0 Å². The van der Waals surface area contributed by atoms with Gasteiger partial charge in [0.2, 0.25) is 5.91 Å². The third-order valence-electron chi connectivity index (χ3n) is 5.01. The van der Waals surface area contributed by atoms with Crippen molar-refractivity contribution in [3.63, 3.8) is 0 Å². The number of carbonyl (C=O) groups is 3. The number of nitrogens with one attached hydrogen (secondary N) is 2. The molecule has 2 N–H and O–H groups in total. The summed E-state index contributed by atoms with van der Waals surface area (Å²) in [6.45, 7) is 1.53. The number of benzene rings is 1. The van der Waals surface area contributed by atoms with Gasteiger partial charge in [-0.3, -0.25) is 14.5 Å². The van der Waals surface area contributed by atoms with Crippen molar-refractivity contribution in [1.29, 1.82) is 0 Å². The van der Waals surface area contributed by atoms with E-state index in [0.717, 1.165) is 36.3 Å². The van der Waals surface area contributed by atoms with Gasteiger partial charge < -0.3 is 10.6 Å². The highest BCUT2D eigenvalue weighted by molar-refractivity contribution is 6.33. The molecule has 2 fully saturated rings. The van der Waals surface area contributed by atoms with Crippen molar-refractivity contribution < 1.29 is 18.8 Å². The molecule has 8 heteroatoms. The molecule has 0 radical (unpaired) electrons. The molecule has 1 heterocycles. The maximum Gasteiger partial charge on any atom is 0.325 e. The number of amides is 4. The molecule has 4 amide bonds. The molecular formula is C17H19ClFN3O3. The van der Waals surface area contributed by atoms with Gasteiger partial charge in [0.25, 0.3) is 5.91 Å². The van der Waals surface area contributed by atoms with Crippen LogP contribution in [0.25, 0.3) is 0 Å². The SMILES string of the molecule is C[C@H]1CCCC[C@]12NC(=O)N(CC(=O)Nc1ccc(F)cc1Cl)C2=O. The van der Waals surface area contributed by atoms with Crippen molar-refractivity contribution in [2.24, 2.45) is 5.92 Å². The van der Waals surface area contributed by atoms with Crippen LogP contribution in [0.4, 0.5) is 14.9 Å². The van der Waals surface area contributed by atoms with Crippen LogP contribution in [0.2, 0.25) is 5.02 Å². The Bertz CT molecular complexity index is 742. The van der Waals surface area contributed by atoms with Crippen molar-refractivity contribution in [1.82, 2.24) is 10.2 Å². The summed E-state index contributed by atoms with van der Waals surface area (Å²) in [6, 6.07) is 3.00. The van der Waals surface area contributed by atoms with Crippen molar-refractivity contribution in [3.05, 3.63) is 29.0 Å². The van der Waals surface area contributed by atoms with Crippen LogP contribution in [0.5, 0.6) is 0 Å². The van der Waals surface area contributed by atoms with Crippen LogP contribution in [0.1, 0.15) is 32.6 Å². The van der Waals surface area contributed by atoms with E-state index in [-0.39, 0.29) is 22.5 Å². The maximum absolute atomic E-state index is 13.1. The maximum atomic E-state index is 13.1. The molecule has 6 nitrogen and oxygen atoms in total. The monoisotopic (exact) mass is 367 g/mol. The number of urea groups is 1. The highest BCUT2D eigenvalue weighted by atomic mass is 35.5. The van der Waals surface area contributed by atoms with Crippen molar-refractivity contribution in [2.45, 2.75) is 38.1 Å². The smallest absolute Gasteiger partial charge is 0.323 e. The van der Waals surface area contributed by atoms with Crippen LogP contribution in [0.3, 0.4) is 0 Å². The summed E-state index contributed by atoms with van der Waals surface area (Å²) in [6.07, 6.45) is 3.33. The van der Waals surface area contributed by atoms with Crippen molar-refractivity contribution in [3.8, 4) is 0 Å². The fourth-order valence-electron chi connectivity index (χ4n) is 3.56. The molecule has 1 aromatic rings. The van der Waals surface area contributed by atoms with Gasteiger partial charge >= 0.3 is 6.03 Å². The lowest BCUT2D eigenvalue weighted by molar-refractivity contribution is -0.136. The molecule has 25 heavy (non-hydrogen) atoms. The molecule has 0 bridgehead atoms. The molecule has 1 aromatic carbocycles. The molecule has 3 rings (SSSR count). The largest absolute Gasteiger partial charge is 0.325 e. The third kappa shape index (κ3) is 3.20. The van der Waals surface area contributed by atoms with Crippen LogP contribution < -0.4 is 10.6 Å². The standard InChI is InChI=1S/C17H19ClFN3O3/c1-10-4-2-3-7-17(10)15(24)22(16(25)21-17)9-14(23)20-13-6-5-11(19)8-12(13)18/h5-6,8,10H,2-4,7,9H2,1H3,(H,20,23)(H,21,25)/t10-,17-/m0/s1. The van der Waals surface area contributed by atoms with E-state index in [1.807, 2.05) is 6.92 Å². The number of halogens is 2. The first-order chi connectivity index (χ1) is 11.8. The van der Waals surface area contributed by atoms with Gasteiger partial charge in [0.1, 0.15) is 17.9 Å². The minimum Gasteiger partial charge on any atom is -0.323 e. The molecule has 1 saturated carbocycles. The molecule has 134 valence electrons. The minimum absolute atomic E-state index is 0.0253. The Hall–Kier alpha value is -2.15.